The summed E-state index contributed by atoms with van der Waals surface area (Å²) in [6.45, 7) is 3.11. The first kappa shape index (κ1) is 19.0. The van der Waals surface area contributed by atoms with Gasteiger partial charge in [-0.05, 0) is 36.1 Å². The van der Waals surface area contributed by atoms with Gasteiger partial charge in [-0.15, -0.1) is 0 Å². The number of hydrogen-bond acceptors (Lipinski definition) is 4. The number of amides is 1. The topological polar surface area (TPSA) is 55.8 Å². The molecule has 0 unspecified atom stereocenters. The van der Waals surface area contributed by atoms with Crippen LogP contribution in [0.5, 0.6) is 0 Å². The fraction of sp³-hybridized carbons (Fsp3) is 0.364. The zero-order chi connectivity index (χ0) is 19.2. The molecular formula is C22H25NO4. The second kappa shape index (κ2) is 8.71. The molecule has 1 heterocycles. The maximum Gasteiger partial charge on any atom is 0.410 e. The fourth-order valence-corrected chi connectivity index (χ4v) is 3.60. The summed E-state index contributed by atoms with van der Waals surface area (Å²) < 4.78 is 10.3. The number of ether oxygens (including phenoxy) is 2. The Morgan fingerprint density at radius 2 is 1.81 bits per heavy atom. The Morgan fingerprint density at radius 3 is 2.48 bits per heavy atom. The fourth-order valence-electron chi connectivity index (χ4n) is 3.60. The van der Waals surface area contributed by atoms with E-state index >= 15 is 0 Å². The first-order valence-corrected chi connectivity index (χ1v) is 9.25. The Kier molecular flexibility index (Phi) is 6.12. The molecule has 2 aromatic rings. The van der Waals surface area contributed by atoms with E-state index < -0.39 is 0 Å². The zero-order valence-electron chi connectivity index (χ0n) is 15.8. The van der Waals surface area contributed by atoms with Gasteiger partial charge in [-0.1, -0.05) is 49.4 Å². The summed E-state index contributed by atoms with van der Waals surface area (Å²) in [5.74, 6) is -0.190. The molecule has 1 fully saturated rings. The second-order valence-electron chi connectivity index (χ2n) is 6.85. The van der Waals surface area contributed by atoms with Crippen molar-refractivity contribution >= 4 is 12.1 Å². The van der Waals surface area contributed by atoms with Gasteiger partial charge in [-0.25, -0.2) is 9.59 Å². The van der Waals surface area contributed by atoms with Crippen LogP contribution in [0.15, 0.2) is 54.6 Å². The third-order valence-electron chi connectivity index (χ3n) is 5.17. The SMILES string of the molecule is COC(=O)c1ccc([C@H](C)[C@H]2CCCN2C(=O)OCc2ccccc2)cc1. The third kappa shape index (κ3) is 4.48. The van der Waals surface area contributed by atoms with Crippen molar-refractivity contribution in [3.8, 4) is 0 Å². The lowest BCUT2D eigenvalue weighted by Gasteiger charge is -2.29. The van der Waals surface area contributed by atoms with Crippen LogP contribution in [0.25, 0.3) is 0 Å². The molecule has 5 nitrogen and oxygen atoms in total. The predicted octanol–water partition coefficient (Wildman–Crippen LogP) is 4.38. The highest BCUT2D eigenvalue weighted by molar-refractivity contribution is 5.89. The van der Waals surface area contributed by atoms with E-state index in [4.69, 9.17) is 9.47 Å². The lowest BCUT2D eigenvalue weighted by atomic mass is 9.91. The van der Waals surface area contributed by atoms with Gasteiger partial charge in [0.25, 0.3) is 0 Å². The number of carbonyl (C=O) groups excluding carboxylic acids is 2. The maximum absolute atomic E-state index is 12.6. The van der Waals surface area contributed by atoms with E-state index in [2.05, 4.69) is 6.92 Å². The first-order chi connectivity index (χ1) is 13.1. The molecule has 0 spiro atoms. The van der Waals surface area contributed by atoms with Crippen molar-refractivity contribution in [3.63, 3.8) is 0 Å². The second-order valence-corrected chi connectivity index (χ2v) is 6.85. The predicted molar refractivity (Wildman–Crippen MR) is 103 cm³/mol. The minimum atomic E-state index is -0.346. The Morgan fingerprint density at radius 1 is 1.11 bits per heavy atom. The molecule has 0 N–H and O–H groups in total. The molecule has 142 valence electrons. The van der Waals surface area contributed by atoms with Gasteiger partial charge < -0.3 is 14.4 Å². The normalized spacial score (nSPS) is 17.4. The van der Waals surface area contributed by atoms with Gasteiger partial charge in [0.1, 0.15) is 6.61 Å². The summed E-state index contributed by atoms with van der Waals surface area (Å²) >= 11 is 0. The first-order valence-electron chi connectivity index (χ1n) is 9.25. The van der Waals surface area contributed by atoms with Gasteiger partial charge >= 0.3 is 12.1 Å². The molecule has 27 heavy (non-hydrogen) atoms. The minimum Gasteiger partial charge on any atom is -0.465 e. The molecule has 2 aromatic carbocycles. The number of benzene rings is 2. The highest BCUT2D eigenvalue weighted by Gasteiger charge is 2.34. The van der Waals surface area contributed by atoms with Crippen LogP contribution in [0.4, 0.5) is 4.79 Å². The van der Waals surface area contributed by atoms with Crippen LogP contribution < -0.4 is 0 Å². The maximum atomic E-state index is 12.6. The van der Waals surface area contributed by atoms with Crippen LogP contribution in [0, 0.1) is 0 Å². The van der Waals surface area contributed by atoms with Crippen LogP contribution >= 0.6 is 0 Å². The van der Waals surface area contributed by atoms with Crippen molar-refractivity contribution < 1.29 is 19.1 Å². The Labute approximate surface area is 159 Å². The summed E-state index contributed by atoms with van der Waals surface area (Å²) in [5, 5.41) is 0. The number of nitrogens with zero attached hydrogens (tertiary/aromatic N) is 1. The van der Waals surface area contributed by atoms with E-state index in [9.17, 15) is 9.59 Å². The molecule has 0 radical (unpaired) electrons. The summed E-state index contributed by atoms with van der Waals surface area (Å²) in [7, 11) is 1.37. The van der Waals surface area contributed by atoms with Crippen LogP contribution in [-0.2, 0) is 16.1 Å². The average Bonchev–Trinajstić information content (AvgIpc) is 3.21. The van der Waals surface area contributed by atoms with Crippen LogP contribution in [0.1, 0.15) is 47.2 Å². The van der Waals surface area contributed by atoms with Crippen LogP contribution in [0.3, 0.4) is 0 Å². The highest BCUT2D eigenvalue weighted by Crippen LogP contribution is 2.31. The van der Waals surface area contributed by atoms with Gasteiger partial charge in [-0.3, -0.25) is 0 Å². The third-order valence-corrected chi connectivity index (χ3v) is 5.17. The monoisotopic (exact) mass is 367 g/mol. The molecule has 3 rings (SSSR count). The molecule has 1 aliphatic rings. The lowest BCUT2D eigenvalue weighted by molar-refractivity contribution is 0.0600. The van der Waals surface area contributed by atoms with Crippen LogP contribution in [0.2, 0.25) is 0 Å². The minimum absolute atomic E-state index is 0.0947. The number of esters is 1. The quantitative estimate of drug-likeness (QED) is 0.736. The smallest absolute Gasteiger partial charge is 0.410 e. The van der Waals surface area contributed by atoms with Crippen molar-refractivity contribution in [1.82, 2.24) is 4.90 Å². The summed E-state index contributed by atoms with van der Waals surface area (Å²) in [6, 6.07) is 17.2. The number of likely N-dealkylation sites (tertiary alicyclic amines) is 1. The van der Waals surface area contributed by atoms with E-state index in [1.54, 1.807) is 12.1 Å². The molecule has 0 saturated carbocycles. The van der Waals surface area contributed by atoms with Crippen molar-refractivity contribution in [2.75, 3.05) is 13.7 Å². The summed E-state index contributed by atoms with van der Waals surface area (Å²) in [6.07, 6.45) is 1.65. The number of carbonyl (C=O) groups is 2. The van der Waals surface area contributed by atoms with E-state index in [0.29, 0.717) is 12.1 Å². The summed E-state index contributed by atoms with van der Waals surface area (Å²) in [5.41, 5.74) is 2.60. The van der Waals surface area contributed by atoms with Gasteiger partial charge in [-0.2, -0.15) is 0 Å². The van der Waals surface area contributed by atoms with Gasteiger partial charge in [0.2, 0.25) is 0 Å². The molecule has 5 heteroatoms. The molecule has 1 amide bonds. The standard InChI is InChI=1S/C22H25NO4/c1-16(18-10-12-19(13-11-18)21(24)26-2)20-9-6-14-23(20)22(25)27-15-17-7-4-3-5-8-17/h3-5,7-8,10-13,16,20H,6,9,14-15H2,1-2H3/t16-,20+/m0/s1. The van der Waals surface area contributed by atoms with Crippen molar-refractivity contribution in [2.45, 2.75) is 38.3 Å². The number of rotatable bonds is 5. The molecule has 0 aliphatic carbocycles. The Balaban J connectivity index is 1.64. The van der Waals surface area contributed by atoms with Crippen LogP contribution in [-0.4, -0.2) is 36.7 Å². The molecular weight excluding hydrogens is 342 g/mol. The largest absolute Gasteiger partial charge is 0.465 e. The van der Waals surface area contributed by atoms with E-state index in [1.807, 2.05) is 47.4 Å². The van der Waals surface area contributed by atoms with E-state index in [0.717, 1.165) is 24.0 Å². The molecule has 2 atom stereocenters. The molecule has 0 bridgehead atoms. The number of hydrogen-bond donors (Lipinski definition) is 0. The Bertz CT molecular complexity index is 773. The van der Waals surface area contributed by atoms with Crippen molar-refractivity contribution in [2.24, 2.45) is 0 Å². The van der Waals surface area contributed by atoms with Crippen molar-refractivity contribution in [1.29, 1.82) is 0 Å². The Hall–Kier alpha value is -2.82. The van der Waals surface area contributed by atoms with E-state index in [1.165, 1.54) is 7.11 Å². The lowest BCUT2D eigenvalue weighted by Crippen LogP contribution is -2.38. The summed E-state index contributed by atoms with van der Waals surface area (Å²) in [4.78, 5) is 26.0. The van der Waals surface area contributed by atoms with Crippen molar-refractivity contribution in [3.05, 3.63) is 71.3 Å². The van der Waals surface area contributed by atoms with Gasteiger partial charge in [0, 0.05) is 18.5 Å². The average molecular weight is 367 g/mol. The number of methoxy groups -OCH3 is 1. The highest BCUT2D eigenvalue weighted by atomic mass is 16.6. The van der Waals surface area contributed by atoms with Gasteiger partial charge in [0.15, 0.2) is 0 Å². The zero-order valence-corrected chi connectivity index (χ0v) is 15.8. The molecule has 0 aromatic heterocycles. The van der Waals surface area contributed by atoms with Gasteiger partial charge in [0.05, 0.1) is 12.7 Å². The van der Waals surface area contributed by atoms with E-state index in [-0.39, 0.29) is 30.6 Å². The molecule has 1 saturated heterocycles. The molecule has 1 aliphatic heterocycles.